The number of aliphatic hydroxyl groups is 1. The molecule has 1 aromatic carbocycles. The second kappa shape index (κ2) is 6.88. The van der Waals surface area contributed by atoms with Crippen molar-refractivity contribution in [3.05, 3.63) is 34.9 Å². The molecule has 0 aliphatic rings. The molecule has 3 nitrogen and oxygen atoms in total. The van der Waals surface area contributed by atoms with Crippen LogP contribution in [0.1, 0.15) is 43.0 Å². The molecule has 0 heterocycles. The summed E-state index contributed by atoms with van der Waals surface area (Å²) in [6.45, 7) is 8.70. The molecular formula is C15H26N2O. The van der Waals surface area contributed by atoms with Gasteiger partial charge in [-0.1, -0.05) is 18.2 Å². The molecule has 0 amide bonds. The summed E-state index contributed by atoms with van der Waals surface area (Å²) >= 11 is 0. The predicted octanol–water partition coefficient (Wildman–Crippen LogP) is 2.05. The van der Waals surface area contributed by atoms with Gasteiger partial charge in [0, 0.05) is 18.6 Å². The molecule has 18 heavy (non-hydrogen) atoms. The maximum absolute atomic E-state index is 9.42. The van der Waals surface area contributed by atoms with E-state index in [9.17, 15) is 5.11 Å². The van der Waals surface area contributed by atoms with Crippen LogP contribution < -0.4 is 11.1 Å². The molecule has 0 aromatic heterocycles. The fraction of sp³-hybridized carbons (Fsp3) is 0.600. The number of aliphatic hydroxyl groups excluding tert-OH is 1. The second-order valence-electron chi connectivity index (χ2n) is 5.25. The first-order chi connectivity index (χ1) is 8.45. The van der Waals surface area contributed by atoms with E-state index in [0.29, 0.717) is 6.54 Å². The maximum atomic E-state index is 9.42. The van der Waals surface area contributed by atoms with Crippen molar-refractivity contribution in [3.8, 4) is 0 Å². The number of hydrogen-bond donors (Lipinski definition) is 3. The first-order valence-electron chi connectivity index (χ1n) is 6.66. The van der Waals surface area contributed by atoms with Crippen LogP contribution in [0.4, 0.5) is 0 Å². The van der Waals surface area contributed by atoms with Gasteiger partial charge in [0.1, 0.15) is 0 Å². The Morgan fingerprint density at radius 1 is 1.22 bits per heavy atom. The Kier molecular flexibility index (Phi) is 5.79. The smallest absolute Gasteiger partial charge is 0.0526 e. The molecule has 1 rings (SSSR count). The zero-order valence-electron chi connectivity index (χ0n) is 11.9. The number of hydrogen-bond acceptors (Lipinski definition) is 3. The van der Waals surface area contributed by atoms with Crippen LogP contribution in [0.15, 0.2) is 18.2 Å². The number of rotatable bonds is 6. The van der Waals surface area contributed by atoms with Crippen LogP contribution in [0, 0.1) is 13.8 Å². The number of nitrogens with one attached hydrogen (secondary N) is 1. The molecular weight excluding hydrogens is 224 g/mol. The Labute approximate surface area is 110 Å². The van der Waals surface area contributed by atoms with Gasteiger partial charge in [0.25, 0.3) is 0 Å². The highest BCUT2D eigenvalue weighted by Crippen LogP contribution is 2.22. The van der Waals surface area contributed by atoms with Crippen LogP contribution in [-0.4, -0.2) is 23.8 Å². The summed E-state index contributed by atoms with van der Waals surface area (Å²) in [6, 6.07) is 6.71. The van der Waals surface area contributed by atoms with Crippen LogP contribution in [0.2, 0.25) is 0 Å². The van der Waals surface area contributed by atoms with Crippen molar-refractivity contribution in [2.24, 2.45) is 5.73 Å². The normalized spacial score (nSPS) is 16.3. The minimum absolute atomic E-state index is 0.153. The topological polar surface area (TPSA) is 58.3 Å². The van der Waals surface area contributed by atoms with Gasteiger partial charge < -0.3 is 16.2 Å². The summed E-state index contributed by atoms with van der Waals surface area (Å²) in [5.74, 6) is 0. The molecule has 102 valence electrons. The minimum atomic E-state index is -0.288. The highest BCUT2D eigenvalue weighted by Gasteiger charge is 2.17. The molecule has 0 fully saturated rings. The third-order valence-electron chi connectivity index (χ3n) is 3.31. The van der Waals surface area contributed by atoms with Gasteiger partial charge in [-0.3, -0.25) is 0 Å². The highest BCUT2D eigenvalue weighted by molar-refractivity contribution is 5.36. The molecule has 0 saturated carbocycles. The Morgan fingerprint density at radius 3 is 2.22 bits per heavy atom. The van der Waals surface area contributed by atoms with Crippen LogP contribution >= 0.6 is 0 Å². The van der Waals surface area contributed by atoms with E-state index in [1.54, 1.807) is 0 Å². The van der Waals surface area contributed by atoms with E-state index < -0.39 is 0 Å². The summed E-state index contributed by atoms with van der Waals surface area (Å²) < 4.78 is 0. The minimum Gasteiger partial charge on any atom is -0.393 e. The Hall–Kier alpha value is -0.900. The Balaban J connectivity index is 2.83. The molecule has 3 heteroatoms. The second-order valence-corrected chi connectivity index (χ2v) is 5.25. The molecule has 3 unspecified atom stereocenters. The third kappa shape index (κ3) is 4.09. The van der Waals surface area contributed by atoms with Crippen LogP contribution in [0.25, 0.3) is 0 Å². The van der Waals surface area contributed by atoms with Crippen LogP contribution in [-0.2, 0) is 0 Å². The van der Waals surface area contributed by atoms with E-state index >= 15 is 0 Å². The van der Waals surface area contributed by atoms with Crippen LogP contribution in [0.3, 0.4) is 0 Å². The van der Waals surface area contributed by atoms with Gasteiger partial charge in [-0.15, -0.1) is 0 Å². The van der Waals surface area contributed by atoms with Gasteiger partial charge in [-0.25, -0.2) is 0 Å². The maximum Gasteiger partial charge on any atom is 0.0526 e. The fourth-order valence-electron chi connectivity index (χ4n) is 2.57. The predicted molar refractivity (Wildman–Crippen MR) is 76.6 cm³/mol. The quantitative estimate of drug-likeness (QED) is 0.724. The van der Waals surface area contributed by atoms with E-state index in [2.05, 4.69) is 44.3 Å². The van der Waals surface area contributed by atoms with Gasteiger partial charge >= 0.3 is 0 Å². The zero-order valence-corrected chi connectivity index (χ0v) is 11.9. The van der Waals surface area contributed by atoms with Crippen molar-refractivity contribution in [1.29, 1.82) is 0 Å². The lowest BCUT2D eigenvalue weighted by Crippen LogP contribution is -2.37. The van der Waals surface area contributed by atoms with E-state index in [-0.39, 0.29) is 18.2 Å². The van der Waals surface area contributed by atoms with Gasteiger partial charge in [-0.05, 0) is 50.8 Å². The van der Waals surface area contributed by atoms with Crippen molar-refractivity contribution in [1.82, 2.24) is 5.32 Å². The zero-order chi connectivity index (χ0) is 13.7. The Bertz CT molecular complexity index is 357. The summed E-state index contributed by atoms with van der Waals surface area (Å²) in [5, 5.41) is 12.9. The fourth-order valence-corrected chi connectivity index (χ4v) is 2.57. The van der Waals surface area contributed by atoms with E-state index in [4.69, 9.17) is 5.73 Å². The summed E-state index contributed by atoms with van der Waals surface area (Å²) in [4.78, 5) is 0. The first kappa shape index (κ1) is 15.2. The lowest BCUT2D eigenvalue weighted by atomic mass is 9.95. The molecule has 0 saturated heterocycles. The highest BCUT2D eigenvalue weighted by atomic mass is 16.3. The van der Waals surface area contributed by atoms with Gasteiger partial charge in [0.2, 0.25) is 0 Å². The standard InChI is InChI=1S/C15H26N2O/c1-10-6-5-7-11(2)15(10)14(9-16)17-12(3)8-13(4)18/h5-7,12-14,17-18H,8-9,16H2,1-4H3. The van der Waals surface area contributed by atoms with Crippen molar-refractivity contribution < 1.29 is 5.11 Å². The van der Waals surface area contributed by atoms with Crippen molar-refractivity contribution in [2.75, 3.05) is 6.54 Å². The van der Waals surface area contributed by atoms with E-state index in [1.165, 1.54) is 16.7 Å². The number of benzene rings is 1. The Morgan fingerprint density at radius 2 is 1.78 bits per heavy atom. The van der Waals surface area contributed by atoms with Gasteiger partial charge in [-0.2, -0.15) is 0 Å². The van der Waals surface area contributed by atoms with E-state index in [0.717, 1.165) is 6.42 Å². The lowest BCUT2D eigenvalue weighted by molar-refractivity contribution is 0.168. The average molecular weight is 250 g/mol. The van der Waals surface area contributed by atoms with Crippen molar-refractivity contribution in [3.63, 3.8) is 0 Å². The molecule has 0 aliphatic carbocycles. The summed E-state index contributed by atoms with van der Waals surface area (Å²) in [7, 11) is 0. The molecule has 0 spiro atoms. The third-order valence-corrected chi connectivity index (χ3v) is 3.31. The first-order valence-corrected chi connectivity index (χ1v) is 6.66. The van der Waals surface area contributed by atoms with Gasteiger partial charge in [0.15, 0.2) is 0 Å². The molecule has 3 atom stereocenters. The van der Waals surface area contributed by atoms with Crippen molar-refractivity contribution >= 4 is 0 Å². The average Bonchev–Trinajstić information content (AvgIpc) is 2.26. The SMILES string of the molecule is Cc1cccc(C)c1C(CN)NC(C)CC(C)O. The van der Waals surface area contributed by atoms with Crippen LogP contribution in [0.5, 0.6) is 0 Å². The van der Waals surface area contributed by atoms with E-state index in [1.807, 2.05) is 6.92 Å². The summed E-state index contributed by atoms with van der Waals surface area (Å²) in [5.41, 5.74) is 9.72. The van der Waals surface area contributed by atoms with Crippen molar-refractivity contribution in [2.45, 2.75) is 52.3 Å². The monoisotopic (exact) mass is 250 g/mol. The molecule has 0 bridgehead atoms. The largest absolute Gasteiger partial charge is 0.393 e. The molecule has 1 aromatic rings. The molecule has 4 N–H and O–H groups in total. The number of aryl methyl sites for hydroxylation is 2. The summed E-state index contributed by atoms with van der Waals surface area (Å²) in [6.07, 6.45) is 0.449. The number of nitrogens with two attached hydrogens (primary N) is 1. The molecule has 0 radical (unpaired) electrons. The lowest BCUT2D eigenvalue weighted by Gasteiger charge is -2.26. The molecule has 0 aliphatic heterocycles. The van der Waals surface area contributed by atoms with Gasteiger partial charge in [0.05, 0.1) is 6.10 Å².